The third-order valence-corrected chi connectivity index (χ3v) is 4.27. The van der Waals surface area contributed by atoms with Crippen molar-refractivity contribution >= 4 is 16.6 Å². The van der Waals surface area contributed by atoms with Gasteiger partial charge in [0.25, 0.3) is 0 Å². The lowest BCUT2D eigenvalue weighted by Crippen LogP contribution is -1.92. The fraction of sp³-hybridized carbons (Fsp3) is 0.0476. The summed E-state index contributed by atoms with van der Waals surface area (Å²) in [7, 11) is 2.07. The average molecular weight is 298 g/mol. The lowest BCUT2D eigenvalue weighted by atomic mass is 9.97. The minimum Gasteiger partial charge on any atom is -0.399 e. The predicted octanol–water partition coefficient (Wildman–Crippen LogP) is 5.09. The van der Waals surface area contributed by atoms with E-state index in [9.17, 15) is 0 Å². The lowest BCUT2D eigenvalue weighted by Gasteiger charge is -2.10. The van der Waals surface area contributed by atoms with Gasteiger partial charge in [0.2, 0.25) is 0 Å². The Morgan fingerprint density at radius 2 is 1.48 bits per heavy atom. The Hall–Kier alpha value is -3.00. The zero-order chi connectivity index (χ0) is 15.8. The molecule has 0 aliphatic rings. The molecule has 0 radical (unpaired) electrons. The van der Waals surface area contributed by atoms with Gasteiger partial charge in [-0.2, -0.15) is 0 Å². The first-order valence-electron chi connectivity index (χ1n) is 7.73. The molecular weight excluding hydrogens is 280 g/mol. The number of rotatable bonds is 2. The van der Waals surface area contributed by atoms with E-state index in [4.69, 9.17) is 5.73 Å². The van der Waals surface area contributed by atoms with Crippen LogP contribution in [-0.4, -0.2) is 4.57 Å². The van der Waals surface area contributed by atoms with Crippen LogP contribution in [0.4, 0.5) is 5.69 Å². The van der Waals surface area contributed by atoms with Crippen molar-refractivity contribution in [2.75, 3.05) is 5.73 Å². The summed E-state index contributed by atoms with van der Waals surface area (Å²) >= 11 is 0. The van der Waals surface area contributed by atoms with Crippen LogP contribution in [0.3, 0.4) is 0 Å². The molecule has 0 aliphatic heterocycles. The maximum Gasteiger partial charge on any atom is 0.0558 e. The Morgan fingerprint density at radius 1 is 0.739 bits per heavy atom. The molecular formula is C21H18N2. The number of aryl methyl sites for hydroxylation is 1. The molecule has 0 saturated carbocycles. The summed E-state index contributed by atoms with van der Waals surface area (Å²) < 4.78 is 2.15. The van der Waals surface area contributed by atoms with E-state index in [2.05, 4.69) is 78.5 Å². The smallest absolute Gasteiger partial charge is 0.0558 e. The first-order valence-corrected chi connectivity index (χ1v) is 7.73. The molecule has 2 N–H and O–H groups in total. The van der Waals surface area contributed by atoms with Crippen LogP contribution >= 0.6 is 0 Å². The van der Waals surface area contributed by atoms with E-state index in [0.717, 1.165) is 5.69 Å². The summed E-state index contributed by atoms with van der Waals surface area (Å²) in [5.41, 5.74) is 12.9. The van der Waals surface area contributed by atoms with Gasteiger partial charge >= 0.3 is 0 Å². The molecule has 0 aliphatic carbocycles. The van der Waals surface area contributed by atoms with E-state index in [-0.39, 0.29) is 0 Å². The second-order valence-electron chi connectivity index (χ2n) is 5.88. The van der Waals surface area contributed by atoms with Gasteiger partial charge in [-0.3, -0.25) is 0 Å². The van der Waals surface area contributed by atoms with Gasteiger partial charge in [0.15, 0.2) is 0 Å². The number of aromatic nitrogens is 1. The first-order chi connectivity index (χ1) is 11.2. The molecule has 4 rings (SSSR count). The Labute approximate surface area is 135 Å². The van der Waals surface area contributed by atoms with Gasteiger partial charge in [-0.15, -0.1) is 0 Å². The molecule has 0 atom stereocenters. The van der Waals surface area contributed by atoms with Crippen molar-refractivity contribution in [1.29, 1.82) is 0 Å². The number of anilines is 1. The van der Waals surface area contributed by atoms with E-state index in [1.54, 1.807) is 0 Å². The van der Waals surface area contributed by atoms with Crippen LogP contribution in [0, 0.1) is 0 Å². The molecule has 0 spiro atoms. The van der Waals surface area contributed by atoms with Crippen molar-refractivity contribution in [3.63, 3.8) is 0 Å². The summed E-state index contributed by atoms with van der Waals surface area (Å²) in [4.78, 5) is 0. The van der Waals surface area contributed by atoms with E-state index >= 15 is 0 Å². The highest BCUT2D eigenvalue weighted by molar-refractivity contribution is 5.97. The van der Waals surface area contributed by atoms with Crippen LogP contribution in [0.5, 0.6) is 0 Å². The number of hydrogen-bond donors (Lipinski definition) is 1. The summed E-state index contributed by atoms with van der Waals surface area (Å²) in [6, 6.07) is 25.3. The zero-order valence-corrected chi connectivity index (χ0v) is 13.0. The van der Waals surface area contributed by atoms with Crippen LogP contribution in [0.2, 0.25) is 0 Å². The Bertz CT molecular complexity index is 981. The monoisotopic (exact) mass is 298 g/mol. The fourth-order valence-electron chi connectivity index (χ4n) is 3.18. The topological polar surface area (TPSA) is 30.9 Å². The third-order valence-electron chi connectivity index (χ3n) is 4.27. The van der Waals surface area contributed by atoms with Crippen LogP contribution < -0.4 is 5.73 Å². The predicted molar refractivity (Wildman–Crippen MR) is 98.2 cm³/mol. The standard InChI is InChI=1S/C21H18N2/c1-23-11-10-18-13-19(22)14-20(21(18)23)17-9-5-8-16(12-17)15-6-3-2-4-7-15/h2-14H,22H2,1H3. The number of fused-ring (bicyclic) bond motifs is 1. The highest BCUT2D eigenvalue weighted by Crippen LogP contribution is 2.33. The van der Waals surface area contributed by atoms with Crippen molar-refractivity contribution in [2.24, 2.45) is 7.05 Å². The molecule has 0 amide bonds. The Kier molecular flexibility index (Phi) is 3.16. The Morgan fingerprint density at radius 3 is 2.30 bits per heavy atom. The van der Waals surface area contributed by atoms with E-state index in [1.165, 1.54) is 33.2 Å². The van der Waals surface area contributed by atoms with Crippen LogP contribution in [0.1, 0.15) is 0 Å². The molecule has 4 aromatic rings. The summed E-state index contributed by atoms with van der Waals surface area (Å²) in [6.45, 7) is 0. The maximum absolute atomic E-state index is 6.11. The summed E-state index contributed by atoms with van der Waals surface area (Å²) in [6.07, 6.45) is 2.08. The molecule has 0 unspecified atom stereocenters. The van der Waals surface area contributed by atoms with Crippen molar-refractivity contribution in [2.45, 2.75) is 0 Å². The largest absolute Gasteiger partial charge is 0.399 e. The molecule has 2 nitrogen and oxygen atoms in total. The second-order valence-corrected chi connectivity index (χ2v) is 5.88. The van der Waals surface area contributed by atoms with Gasteiger partial charge in [-0.25, -0.2) is 0 Å². The zero-order valence-electron chi connectivity index (χ0n) is 13.0. The van der Waals surface area contributed by atoms with Crippen LogP contribution in [0.25, 0.3) is 33.2 Å². The van der Waals surface area contributed by atoms with Gasteiger partial charge in [-0.05, 0) is 41.0 Å². The van der Waals surface area contributed by atoms with Crippen LogP contribution in [-0.2, 0) is 7.05 Å². The van der Waals surface area contributed by atoms with E-state index in [0.29, 0.717) is 0 Å². The van der Waals surface area contributed by atoms with Gasteiger partial charge in [0.05, 0.1) is 5.52 Å². The summed E-state index contributed by atoms with van der Waals surface area (Å²) in [5, 5.41) is 1.17. The molecule has 3 aromatic carbocycles. The second kappa shape index (κ2) is 5.33. The molecule has 0 saturated heterocycles. The van der Waals surface area contributed by atoms with Crippen molar-refractivity contribution in [1.82, 2.24) is 4.57 Å². The molecule has 23 heavy (non-hydrogen) atoms. The minimum atomic E-state index is 0.795. The average Bonchev–Trinajstić information content (AvgIpc) is 2.96. The quantitative estimate of drug-likeness (QED) is 0.513. The minimum absolute atomic E-state index is 0.795. The van der Waals surface area contributed by atoms with Crippen LogP contribution in [0.15, 0.2) is 79.0 Å². The number of benzene rings is 3. The normalized spacial score (nSPS) is 11.0. The maximum atomic E-state index is 6.11. The lowest BCUT2D eigenvalue weighted by molar-refractivity contribution is 0.970. The number of nitrogens with zero attached hydrogens (tertiary/aromatic N) is 1. The Balaban J connectivity index is 1.94. The number of hydrogen-bond acceptors (Lipinski definition) is 1. The first kappa shape index (κ1) is 13.6. The van der Waals surface area contributed by atoms with Crippen molar-refractivity contribution < 1.29 is 0 Å². The van der Waals surface area contributed by atoms with Gasteiger partial charge in [-0.1, -0.05) is 48.5 Å². The SMILES string of the molecule is Cn1ccc2cc(N)cc(-c3cccc(-c4ccccc4)c3)c21. The van der Waals surface area contributed by atoms with Gasteiger partial charge in [0.1, 0.15) is 0 Å². The van der Waals surface area contributed by atoms with Gasteiger partial charge in [0, 0.05) is 29.9 Å². The molecule has 0 fully saturated rings. The molecule has 1 aromatic heterocycles. The van der Waals surface area contributed by atoms with E-state index in [1.807, 2.05) is 12.1 Å². The highest BCUT2D eigenvalue weighted by Gasteiger charge is 2.09. The molecule has 0 bridgehead atoms. The van der Waals surface area contributed by atoms with Crippen molar-refractivity contribution in [3.05, 3.63) is 79.0 Å². The molecule has 2 heteroatoms. The fourth-order valence-corrected chi connectivity index (χ4v) is 3.18. The third kappa shape index (κ3) is 2.38. The van der Waals surface area contributed by atoms with Gasteiger partial charge < -0.3 is 10.3 Å². The molecule has 112 valence electrons. The molecule has 1 heterocycles. The van der Waals surface area contributed by atoms with Crippen molar-refractivity contribution in [3.8, 4) is 22.3 Å². The number of nitrogen functional groups attached to an aromatic ring is 1. The van der Waals surface area contributed by atoms with E-state index < -0.39 is 0 Å². The highest BCUT2D eigenvalue weighted by atomic mass is 14.9. The summed E-state index contributed by atoms with van der Waals surface area (Å²) in [5.74, 6) is 0. The number of nitrogens with two attached hydrogens (primary N) is 1.